The van der Waals surface area contributed by atoms with E-state index in [1.807, 2.05) is 0 Å². The molecular formula is C8H9I2O4PS. The Morgan fingerprint density at radius 3 is 2.56 bits per heavy atom. The molecule has 0 aromatic heterocycles. The van der Waals surface area contributed by atoms with Crippen LogP contribution in [0, 0.1) is 11.2 Å². The SMILES string of the molecule is CC1(C)OC[C@](C#CSP(I)I)(C(=O)O)O1. The summed E-state index contributed by atoms with van der Waals surface area (Å²) in [5.74, 6) is 0.663. The van der Waals surface area contributed by atoms with Crippen LogP contribution in [0.4, 0.5) is 0 Å². The van der Waals surface area contributed by atoms with E-state index in [4.69, 9.17) is 14.6 Å². The predicted molar refractivity (Wildman–Crippen MR) is 81.8 cm³/mol. The van der Waals surface area contributed by atoms with Crippen LogP contribution in [-0.4, -0.2) is 29.1 Å². The molecule has 1 saturated heterocycles. The van der Waals surface area contributed by atoms with Crippen LogP contribution < -0.4 is 0 Å². The van der Waals surface area contributed by atoms with Gasteiger partial charge in [-0.3, -0.25) is 0 Å². The largest absolute Gasteiger partial charge is 0.478 e. The van der Waals surface area contributed by atoms with Crippen LogP contribution in [0.3, 0.4) is 0 Å². The molecule has 1 aliphatic rings. The van der Waals surface area contributed by atoms with Crippen LogP contribution in [0.2, 0.25) is 0 Å². The second kappa shape index (κ2) is 5.89. The fraction of sp³-hybridized carbons (Fsp3) is 0.625. The first-order valence-corrected chi connectivity index (χ1v) is 12.5. The third kappa shape index (κ3) is 4.14. The Morgan fingerprint density at radius 1 is 1.56 bits per heavy atom. The molecule has 0 aliphatic carbocycles. The summed E-state index contributed by atoms with van der Waals surface area (Å²) in [5.41, 5.74) is -1.52. The highest BCUT2D eigenvalue weighted by molar-refractivity contribution is 14.3. The molecule has 1 rings (SSSR count). The number of aliphatic carboxylic acids is 1. The molecule has 0 amide bonds. The van der Waals surface area contributed by atoms with Crippen LogP contribution in [0.5, 0.6) is 0 Å². The normalized spacial score (nSPS) is 27.6. The highest BCUT2D eigenvalue weighted by atomic mass is 127. The summed E-state index contributed by atoms with van der Waals surface area (Å²) in [4.78, 5) is 11.2. The molecule has 1 atom stereocenters. The Balaban J connectivity index is 2.83. The van der Waals surface area contributed by atoms with Crippen molar-refractivity contribution in [1.29, 1.82) is 0 Å². The van der Waals surface area contributed by atoms with Gasteiger partial charge in [0.1, 0.15) is 6.61 Å². The van der Waals surface area contributed by atoms with Gasteiger partial charge < -0.3 is 14.6 Å². The molecular weight excluding hydrogens is 477 g/mol. The van der Waals surface area contributed by atoms with E-state index in [0.29, 0.717) is 0 Å². The average molecular weight is 486 g/mol. The fourth-order valence-electron chi connectivity index (χ4n) is 1.11. The summed E-state index contributed by atoms with van der Waals surface area (Å²) < 4.78 is 10.3. The summed E-state index contributed by atoms with van der Waals surface area (Å²) in [5, 5.41) is 11.9. The molecule has 1 fully saturated rings. The monoisotopic (exact) mass is 486 g/mol. The third-order valence-corrected chi connectivity index (χ3v) is 6.32. The summed E-state index contributed by atoms with van der Waals surface area (Å²) in [7, 11) is 0. The number of hydrogen-bond donors (Lipinski definition) is 1. The first-order valence-electron chi connectivity index (χ1n) is 4.16. The minimum absolute atomic E-state index is 0.0384. The van der Waals surface area contributed by atoms with Gasteiger partial charge in [0.05, 0.1) is 2.41 Å². The van der Waals surface area contributed by atoms with E-state index in [1.165, 1.54) is 11.4 Å². The van der Waals surface area contributed by atoms with Crippen molar-refractivity contribution in [2.45, 2.75) is 25.2 Å². The molecule has 16 heavy (non-hydrogen) atoms. The van der Waals surface area contributed by atoms with Crippen molar-refractivity contribution in [2.75, 3.05) is 6.61 Å². The lowest BCUT2D eigenvalue weighted by Crippen LogP contribution is -2.41. The molecule has 8 heteroatoms. The van der Waals surface area contributed by atoms with Gasteiger partial charge in [-0.15, -0.1) is 0 Å². The number of carboxylic acids is 1. The number of carbonyl (C=O) groups is 1. The van der Waals surface area contributed by atoms with Gasteiger partial charge >= 0.3 is 5.97 Å². The van der Waals surface area contributed by atoms with Crippen LogP contribution in [-0.2, 0) is 14.3 Å². The number of rotatable bonds is 2. The number of carboxylic acid groups (broad SMARTS) is 1. The van der Waals surface area contributed by atoms with Crippen molar-refractivity contribution >= 4 is 63.8 Å². The lowest BCUT2D eigenvalue weighted by molar-refractivity contribution is -0.175. The van der Waals surface area contributed by atoms with Gasteiger partial charge in [0.2, 0.25) is 0 Å². The minimum atomic E-state index is -1.52. The molecule has 4 nitrogen and oxygen atoms in total. The fourth-order valence-corrected chi connectivity index (χ4v) is 3.51. The lowest BCUT2D eigenvalue weighted by atomic mass is 10.1. The molecule has 90 valence electrons. The Bertz CT molecular complexity index is 352. The van der Waals surface area contributed by atoms with Crippen LogP contribution in [0.1, 0.15) is 13.8 Å². The van der Waals surface area contributed by atoms with Crippen molar-refractivity contribution < 1.29 is 19.4 Å². The molecule has 0 spiro atoms. The average Bonchev–Trinajstić information content (AvgIpc) is 2.42. The molecule has 0 saturated carbocycles. The third-order valence-electron chi connectivity index (χ3n) is 1.76. The molecule has 0 radical (unpaired) electrons. The molecule has 0 aromatic carbocycles. The quantitative estimate of drug-likeness (QED) is 0.369. The molecule has 1 N–H and O–H groups in total. The zero-order valence-electron chi connectivity index (χ0n) is 8.49. The zero-order chi connectivity index (χ0) is 12.4. The van der Waals surface area contributed by atoms with Crippen molar-refractivity contribution in [3.8, 4) is 11.2 Å². The van der Waals surface area contributed by atoms with Gasteiger partial charge in [0.25, 0.3) is 5.60 Å². The molecule has 0 aromatic rings. The summed E-state index contributed by atoms with van der Waals surface area (Å²) in [6.07, 6.45) is 0. The maximum atomic E-state index is 11.2. The van der Waals surface area contributed by atoms with E-state index in [-0.39, 0.29) is 9.02 Å². The number of halogens is 2. The molecule has 0 bridgehead atoms. The van der Waals surface area contributed by atoms with Crippen molar-refractivity contribution in [2.24, 2.45) is 0 Å². The Hall–Kier alpha value is 1.19. The van der Waals surface area contributed by atoms with Crippen molar-refractivity contribution in [1.82, 2.24) is 0 Å². The smallest absolute Gasteiger partial charge is 0.351 e. The van der Waals surface area contributed by atoms with Crippen LogP contribution in [0.15, 0.2) is 0 Å². The first kappa shape index (κ1) is 15.2. The first-order chi connectivity index (χ1) is 7.27. The van der Waals surface area contributed by atoms with E-state index < -0.39 is 17.4 Å². The second-order valence-corrected chi connectivity index (χ2v) is 21.1. The van der Waals surface area contributed by atoms with Crippen molar-refractivity contribution in [3.05, 3.63) is 0 Å². The zero-order valence-corrected chi connectivity index (χ0v) is 14.5. The van der Waals surface area contributed by atoms with Gasteiger partial charge in [-0.25, -0.2) is 4.79 Å². The van der Waals surface area contributed by atoms with Crippen molar-refractivity contribution in [3.63, 3.8) is 0 Å². The van der Waals surface area contributed by atoms with Gasteiger partial charge in [-0.2, -0.15) is 0 Å². The summed E-state index contributed by atoms with van der Waals surface area (Å²) in [6, 6.07) is 0. The molecule has 1 aliphatic heterocycles. The summed E-state index contributed by atoms with van der Waals surface area (Å²) >= 11 is 5.91. The Morgan fingerprint density at radius 2 is 2.19 bits per heavy atom. The Kier molecular flexibility index (Phi) is 5.61. The standard InChI is InChI=1S/C8H9I2O4PS/c1-7(2)13-5-8(14-7,6(11)12)3-4-16-15(9)10/h5H2,1-2H3,(H,11,12)/t8-/m1/s1. The van der Waals surface area contributed by atoms with E-state index in [9.17, 15) is 4.79 Å². The van der Waals surface area contributed by atoms with Gasteiger partial charge in [-0.05, 0) is 80.5 Å². The van der Waals surface area contributed by atoms with E-state index in [0.717, 1.165) is 0 Å². The molecule has 0 unspecified atom stereocenters. The highest BCUT2D eigenvalue weighted by Crippen LogP contribution is 2.64. The number of hydrogen-bond acceptors (Lipinski definition) is 4. The molecule has 1 heterocycles. The van der Waals surface area contributed by atoms with Gasteiger partial charge in [-0.1, -0.05) is 0 Å². The predicted octanol–water partition coefficient (Wildman–Crippen LogP) is 3.38. The lowest BCUT2D eigenvalue weighted by Gasteiger charge is -2.19. The highest BCUT2D eigenvalue weighted by Gasteiger charge is 2.50. The minimum Gasteiger partial charge on any atom is -0.478 e. The second-order valence-electron chi connectivity index (χ2n) is 3.44. The van der Waals surface area contributed by atoms with E-state index in [2.05, 4.69) is 55.3 Å². The van der Waals surface area contributed by atoms with Crippen LogP contribution in [0.25, 0.3) is 0 Å². The number of ether oxygens (including phenoxy) is 2. The maximum absolute atomic E-state index is 11.2. The van der Waals surface area contributed by atoms with Gasteiger partial charge in [0, 0.05) is 0 Å². The topological polar surface area (TPSA) is 55.8 Å². The maximum Gasteiger partial charge on any atom is 0.351 e. The Labute approximate surface area is 125 Å². The van der Waals surface area contributed by atoms with Crippen LogP contribution >= 0.6 is 57.9 Å². The van der Waals surface area contributed by atoms with E-state index >= 15 is 0 Å². The summed E-state index contributed by atoms with van der Waals surface area (Å²) in [6.45, 7) is 3.31. The van der Waals surface area contributed by atoms with Gasteiger partial charge in [0.15, 0.2) is 5.79 Å². The van der Waals surface area contributed by atoms with E-state index in [1.54, 1.807) is 13.8 Å².